The van der Waals surface area contributed by atoms with E-state index in [4.69, 9.17) is 8.83 Å². The predicted molar refractivity (Wildman–Crippen MR) is 280 cm³/mol. The zero-order valence-electron chi connectivity index (χ0n) is 36.6. The van der Waals surface area contributed by atoms with Gasteiger partial charge in [0.2, 0.25) is 0 Å². The molecule has 0 fully saturated rings. The van der Waals surface area contributed by atoms with E-state index >= 15 is 0 Å². The van der Waals surface area contributed by atoms with E-state index in [2.05, 4.69) is 236 Å². The molecule has 1 aliphatic heterocycles. The van der Waals surface area contributed by atoms with E-state index in [9.17, 15) is 0 Å². The van der Waals surface area contributed by atoms with Gasteiger partial charge in [-0.3, -0.25) is 0 Å². The molecule has 66 heavy (non-hydrogen) atoms. The van der Waals surface area contributed by atoms with Crippen molar-refractivity contribution in [3.05, 3.63) is 224 Å². The van der Waals surface area contributed by atoms with Crippen LogP contribution in [0.5, 0.6) is 0 Å². The average molecular weight is 862 g/mol. The lowest BCUT2D eigenvalue weighted by molar-refractivity contribution is 0.668. The standard InChI is InChI=1S/C62H43NO2Si/c1-66(2)57-31-16-12-23-45(57)48-26-17-28-52(62(48)66)63(51-27-13-9-22-44(51)40-18-5-3-6-19-40)43-34-32-42(33-35-43)59-47(37-39-56-61(59)50-25-11-15-30-54(50)65-56)46-36-38-55-60(49-24-10-14-29-53(49)64-55)58(46)41-20-7-4-8-21-41/h3-39H,1-2H3. The summed E-state index contributed by atoms with van der Waals surface area (Å²) in [5.74, 6) is 0. The Kier molecular flexibility index (Phi) is 8.67. The summed E-state index contributed by atoms with van der Waals surface area (Å²) in [5.41, 5.74) is 18.8. The second kappa shape index (κ2) is 14.9. The molecule has 0 radical (unpaired) electrons. The number of nitrogens with zero attached hydrogens (tertiary/aromatic N) is 1. The van der Waals surface area contributed by atoms with Crippen LogP contribution in [-0.4, -0.2) is 8.07 Å². The van der Waals surface area contributed by atoms with Crippen molar-refractivity contribution in [2.45, 2.75) is 13.1 Å². The van der Waals surface area contributed by atoms with Gasteiger partial charge in [0.1, 0.15) is 30.4 Å². The molecule has 4 heteroatoms. The van der Waals surface area contributed by atoms with Crippen molar-refractivity contribution in [2.24, 2.45) is 0 Å². The van der Waals surface area contributed by atoms with E-state index in [1.807, 2.05) is 6.07 Å². The van der Waals surface area contributed by atoms with Crippen LogP contribution in [0.2, 0.25) is 13.1 Å². The Labute approximate surface area is 384 Å². The van der Waals surface area contributed by atoms with E-state index in [0.717, 1.165) is 88.6 Å². The van der Waals surface area contributed by atoms with Crippen LogP contribution in [0.15, 0.2) is 233 Å². The van der Waals surface area contributed by atoms with Gasteiger partial charge in [0, 0.05) is 49.6 Å². The number of fused-ring (bicyclic) bond motifs is 9. The highest BCUT2D eigenvalue weighted by Crippen LogP contribution is 2.50. The van der Waals surface area contributed by atoms with Gasteiger partial charge in [-0.25, -0.2) is 0 Å². The van der Waals surface area contributed by atoms with Crippen LogP contribution < -0.4 is 15.3 Å². The van der Waals surface area contributed by atoms with E-state index < -0.39 is 8.07 Å². The summed E-state index contributed by atoms with van der Waals surface area (Å²) in [7, 11) is -2.13. The van der Waals surface area contributed by atoms with Gasteiger partial charge in [0.25, 0.3) is 0 Å². The molecule has 0 bridgehead atoms. The van der Waals surface area contributed by atoms with E-state index in [1.165, 1.54) is 38.3 Å². The Bertz CT molecular complexity index is 3840. The molecule has 1 aliphatic rings. The van der Waals surface area contributed by atoms with E-state index in [-0.39, 0.29) is 0 Å². The van der Waals surface area contributed by atoms with Crippen molar-refractivity contribution in [3.63, 3.8) is 0 Å². The minimum atomic E-state index is -2.13. The third-order valence-electron chi connectivity index (χ3n) is 13.9. The zero-order valence-corrected chi connectivity index (χ0v) is 37.6. The largest absolute Gasteiger partial charge is 0.456 e. The highest BCUT2D eigenvalue weighted by atomic mass is 28.3. The number of anilines is 3. The molecule has 0 spiro atoms. The quantitative estimate of drug-likeness (QED) is 0.150. The molecule has 0 amide bonds. The first-order valence-electron chi connectivity index (χ1n) is 22.8. The molecule has 2 aromatic heterocycles. The van der Waals surface area contributed by atoms with Crippen LogP contribution in [0.1, 0.15) is 0 Å². The van der Waals surface area contributed by atoms with Crippen molar-refractivity contribution >= 4 is 79.4 Å². The molecule has 13 rings (SSSR count). The van der Waals surface area contributed by atoms with Crippen LogP contribution in [0.4, 0.5) is 17.1 Å². The SMILES string of the molecule is C[Si]1(C)c2ccccc2-c2cccc(N(c3ccc(-c4c(-c5ccc6oc7ccccc7c6c5-c5ccccc5)ccc5oc6ccccc6c45)cc3)c3ccccc3-c3ccccc3)c21. The number of rotatable bonds is 7. The molecule has 0 aliphatic carbocycles. The molecule has 0 saturated carbocycles. The number of hydrogen-bond acceptors (Lipinski definition) is 3. The second-order valence-electron chi connectivity index (χ2n) is 17.9. The van der Waals surface area contributed by atoms with Gasteiger partial charge in [-0.15, -0.1) is 0 Å². The van der Waals surface area contributed by atoms with Gasteiger partial charge in [-0.05, 0) is 110 Å². The van der Waals surface area contributed by atoms with E-state index in [0.29, 0.717) is 0 Å². The second-order valence-corrected chi connectivity index (χ2v) is 22.2. The Balaban J connectivity index is 1.07. The van der Waals surface area contributed by atoms with Gasteiger partial charge in [0.15, 0.2) is 0 Å². The molecular formula is C62H43NO2Si. The Morgan fingerprint density at radius 1 is 0.333 bits per heavy atom. The van der Waals surface area contributed by atoms with E-state index in [1.54, 1.807) is 0 Å². The van der Waals surface area contributed by atoms with Gasteiger partial charge >= 0.3 is 0 Å². The fourth-order valence-corrected chi connectivity index (χ4v) is 14.4. The van der Waals surface area contributed by atoms with Gasteiger partial charge in [0.05, 0.1) is 5.69 Å². The summed E-state index contributed by atoms with van der Waals surface area (Å²) in [6.07, 6.45) is 0. The maximum Gasteiger partial charge on any atom is 0.136 e. The molecule has 10 aromatic carbocycles. The molecule has 0 atom stereocenters. The van der Waals surface area contributed by atoms with Crippen LogP contribution in [0.3, 0.4) is 0 Å². The third kappa shape index (κ3) is 5.82. The van der Waals surface area contributed by atoms with Crippen LogP contribution in [0.25, 0.3) is 99.5 Å². The Morgan fingerprint density at radius 2 is 0.818 bits per heavy atom. The monoisotopic (exact) mass is 861 g/mol. The first kappa shape index (κ1) is 38.3. The molecule has 312 valence electrons. The average Bonchev–Trinajstić information content (AvgIpc) is 4.02. The maximum atomic E-state index is 6.64. The predicted octanol–water partition coefficient (Wildman–Crippen LogP) is 16.4. The minimum Gasteiger partial charge on any atom is -0.456 e. The lowest BCUT2D eigenvalue weighted by Crippen LogP contribution is -2.50. The first-order chi connectivity index (χ1) is 32.5. The summed E-state index contributed by atoms with van der Waals surface area (Å²) < 4.78 is 13.2. The van der Waals surface area contributed by atoms with Gasteiger partial charge in [-0.1, -0.05) is 177 Å². The van der Waals surface area contributed by atoms with Crippen LogP contribution in [0, 0.1) is 0 Å². The van der Waals surface area contributed by atoms with Crippen molar-refractivity contribution < 1.29 is 8.83 Å². The lowest BCUT2D eigenvalue weighted by Gasteiger charge is -2.33. The van der Waals surface area contributed by atoms with Crippen molar-refractivity contribution in [2.75, 3.05) is 4.90 Å². The molecule has 0 N–H and O–H groups in total. The Hall–Kier alpha value is -8.18. The maximum absolute atomic E-state index is 6.64. The molecular weight excluding hydrogens is 819 g/mol. The van der Waals surface area contributed by atoms with Crippen molar-refractivity contribution in [1.82, 2.24) is 0 Å². The lowest BCUT2D eigenvalue weighted by atomic mass is 9.85. The molecule has 3 heterocycles. The summed E-state index contributed by atoms with van der Waals surface area (Å²) in [6.45, 7) is 5.02. The smallest absolute Gasteiger partial charge is 0.136 e. The normalized spacial score (nSPS) is 12.8. The summed E-state index contributed by atoms with van der Waals surface area (Å²) in [6, 6.07) is 81.3. The number of benzene rings is 10. The molecule has 0 saturated heterocycles. The number of furan rings is 2. The third-order valence-corrected chi connectivity index (χ3v) is 17.4. The summed E-state index contributed by atoms with van der Waals surface area (Å²) in [4.78, 5) is 2.52. The first-order valence-corrected chi connectivity index (χ1v) is 25.8. The van der Waals surface area contributed by atoms with Gasteiger partial charge < -0.3 is 13.7 Å². The number of para-hydroxylation sites is 3. The highest BCUT2D eigenvalue weighted by molar-refractivity contribution is 7.04. The molecule has 3 nitrogen and oxygen atoms in total. The van der Waals surface area contributed by atoms with Gasteiger partial charge in [-0.2, -0.15) is 0 Å². The zero-order chi connectivity index (χ0) is 43.9. The fraction of sp³-hybridized carbons (Fsp3) is 0.0323. The van der Waals surface area contributed by atoms with Crippen LogP contribution >= 0.6 is 0 Å². The Morgan fingerprint density at radius 3 is 1.45 bits per heavy atom. The summed E-state index contributed by atoms with van der Waals surface area (Å²) >= 11 is 0. The highest BCUT2D eigenvalue weighted by Gasteiger charge is 2.40. The minimum absolute atomic E-state index is 0.861. The number of hydrogen-bond donors (Lipinski definition) is 0. The topological polar surface area (TPSA) is 29.5 Å². The van der Waals surface area contributed by atoms with Crippen molar-refractivity contribution in [1.29, 1.82) is 0 Å². The summed E-state index contributed by atoms with van der Waals surface area (Å²) in [5, 5.41) is 7.37. The fourth-order valence-electron chi connectivity index (χ4n) is 11.0. The van der Waals surface area contributed by atoms with Crippen LogP contribution in [-0.2, 0) is 0 Å². The molecule has 0 unspecified atom stereocenters. The molecule has 12 aromatic rings. The van der Waals surface area contributed by atoms with Crippen molar-refractivity contribution in [3.8, 4) is 55.6 Å².